The van der Waals surface area contributed by atoms with Crippen molar-refractivity contribution in [2.75, 3.05) is 0 Å². The van der Waals surface area contributed by atoms with E-state index in [1.165, 1.54) is 6.07 Å². The van der Waals surface area contributed by atoms with E-state index in [0.717, 1.165) is 14.4 Å². The van der Waals surface area contributed by atoms with E-state index in [-0.39, 0.29) is 18.0 Å². The number of rotatable bonds is 5. The van der Waals surface area contributed by atoms with Gasteiger partial charge in [0.1, 0.15) is 17.8 Å². The van der Waals surface area contributed by atoms with Gasteiger partial charge in [-0.1, -0.05) is 13.8 Å². The Hall–Kier alpha value is -2.46. The maximum atomic E-state index is 12.2. The second-order valence-electron chi connectivity index (χ2n) is 6.14. The van der Waals surface area contributed by atoms with Gasteiger partial charge in [-0.05, 0) is 38.0 Å². The van der Waals surface area contributed by atoms with E-state index in [4.69, 9.17) is 0 Å². The lowest BCUT2D eigenvalue weighted by molar-refractivity contribution is -0.123. The number of aryl methyl sites for hydroxylation is 1. The number of nitrogens with one attached hydrogen (secondary N) is 1. The second-order valence-corrected chi connectivity index (χ2v) is 7.43. The predicted molar refractivity (Wildman–Crippen MR) is 93.5 cm³/mol. The van der Waals surface area contributed by atoms with E-state index in [0.29, 0.717) is 5.69 Å². The zero-order valence-electron chi connectivity index (χ0n) is 14.2. The molecule has 126 valence electrons. The Kier molecular flexibility index (Phi) is 5.20. The second kappa shape index (κ2) is 6.97. The van der Waals surface area contributed by atoms with Gasteiger partial charge < -0.3 is 5.32 Å². The topological polar surface area (TPSA) is 87.8 Å². The monoisotopic (exact) mass is 344 g/mol. The van der Waals surface area contributed by atoms with Crippen LogP contribution in [0.3, 0.4) is 0 Å². The molecule has 2 rings (SSSR count). The molecule has 7 heteroatoms. The molecule has 2 aromatic heterocycles. The molecule has 0 bridgehead atoms. The van der Waals surface area contributed by atoms with Crippen LogP contribution < -0.4 is 10.9 Å². The molecule has 1 N–H and O–H groups in total. The van der Waals surface area contributed by atoms with Gasteiger partial charge in [0.2, 0.25) is 5.91 Å². The number of carbonyl (C=O) groups is 1. The van der Waals surface area contributed by atoms with Crippen LogP contribution in [-0.2, 0) is 11.3 Å². The standard InChI is InChI=1S/C17H20N4O2S/c1-11(2)17(4,10-18)19-15(22)9-21-16(23)8-6-13(20-21)14-7-5-12(3)24-14/h5-8,11H,9H2,1-4H3,(H,19,22). The minimum Gasteiger partial charge on any atom is -0.336 e. The lowest BCUT2D eigenvalue weighted by Crippen LogP contribution is -2.50. The maximum Gasteiger partial charge on any atom is 0.267 e. The van der Waals surface area contributed by atoms with Gasteiger partial charge in [0.05, 0.1) is 10.9 Å². The lowest BCUT2D eigenvalue weighted by Gasteiger charge is -2.27. The first kappa shape index (κ1) is 17.9. The molecule has 6 nitrogen and oxygen atoms in total. The summed E-state index contributed by atoms with van der Waals surface area (Å²) in [5.41, 5.74) is -0.693. The number of carbonyl (C=O) groups excluding carboxylic acids is 1. The Balaban J connectivity index is 2.22. The average molecular weight is 344 g/mol. The Bertz CT molecular complexity index is 847. The zero-order valence-corrected chi connectivity index (χ0v) is 15.0. The molecule has 1 amide bonds. The third kappa shape index (κ3) is 3.89. The fourth-order valence-electron chi connectivity index (χ4n) is 2.03. The number of nitriles is 1. The molecule has 0 aliphatic heterocycles. The summed E-state index contributed by atoms with van der Waals surface area (Å²) in [5, 5.41) is 16.2. The number of thiophene rings is 1. The van der Waals surface area contributed by atoms with Crippen molar-refractivity contribution >= 4 is 17.2 Å². The first-order valence-electron chi connectivity index (χ1n) is 7.62. The van der Waals surface area contributed by atoms with Crippen molar-refractivity contribution < 1.29 is 4.79 Å². The Morgan fingerprint density at radius 2 is 2.12 bits per heavy atom. The highest BCUT2D eigenvalue weighted by molar-refractivity contribution is 7.15. The molecule has 0 spiro atoms. The summed E-state index contributed by atoms with van der Waals surface area (Å²) >= 11 is 1.57. The molecule has 0 saturated carbocycles. The molecule has 0 radical (unpaired) electrons. The van der Waals surface area contributed by atoms with Crippen LogP contribution in [0, 0.1) is 24.2 Å². The van der Waals surface area contributed by atoms with Crippen LogP contribution >= 0.6 is 11.3 Å². The third-order valence-corrected chi connectivity index (χ3v) is 4.96. The summed E-state index contributed by atoms with van der Waals surface area (Å²) in [6, 6.07) is 9.07. The van der Waals surface area contributed by atoms with Gasteiger partial charge in [-0.25, -0.2) is 4.68 Å². The summed E-state index contributed by atoms with van der Waals surface area (Å²) in [5.74, 6) is -0.474. The van der Waals surface area contributed by atoms with Crippen molar-refractivity contribution in [1.29, 1.82) is 5.26 Å². The van der Waals surface area contributed by atoms with Crippen LogP contribution in [0.2, 0.25) is 0 Å². The molecule has 2 aromatic rings. The van der Waals surface area contributed by atoms with E-state index < -0.39 is 11.4 Å². The number of amides is 1. The molecule has 1 atom stereocenters. The quantitative estimate of drug-likeness (QED) is 0.902. The van der Waals surface area contributed by atoms with E-state index in [1.54, 1.807) is 24.3 Å². The summed E-state index contributed by atoms with van der Waals surface area (Å²) in [6.45, 7) is 7.14. The highest BCUT2D eigenvalue weighted by Crippen LogP contribution is 2.25. The van der Waals surface area contributed by atoms with Crippen molar-refractivity contribution in [1.82, 2.24) is 15.1 Å². The van der Waals surface area contributed by atoms with Crippen LogP contribution in [0.5, 0.6) is 0 Å². The Morgan fingerprint density at radius 3 is 2.67 bits per heavy atom. The van der Waals surface area contributed by atoms with E-state index in [9.17, 15) is 14.9 Å². The zero-order chi connectivity index (χ0) is 17.9. The van der Waals surface area contributed by atoms with E-state index >= 15 is 0 Å². The minimum absolute atomic E-state index is 0.0587. The largest absolute Gasteiger partial charge is 0.336 e. The molecule has 24 heavy (non-hydrogen) atoms. The van der Waals surface area contributed by atoms with Crippen molar-refractivity contribution in [2.24, 2.45) is 5.92 Å². The molecule has 0 fully saturated rings. The smallest absolute Gasteiger partial charge is 0.267 e. The number of nitrogens with zero attached hydrogens (tertiary/aromatic N) is 3. The highest BCUT2D eigenvalue weighted by Gasteiger charge is 2.30. The first-order valence-corrected chi connectivity index (χ1v) is 8.44. The number of hydrogen-bond acceptors (Lipinski definition) is 5. The summed E-state index contributed by atoms with van der Waals surface area (Å²) in [7, 11) is 0. The summed E-state index contributed by atoms with van der Waals surface area (Å²) < 4.78 is 1.12. The first-order chi connectivity index (χ1) is 11.2. The molecule has 0 aromatic carbocycles. The van der Waals surface area contributed by atoms with E-state index in [1.807, 2.05) is 32.9 Å². The maximum absolute atomic E-state index is 12.2. The number of hydrogen-bond donors (Lipinski definition) is 1. The normalized spacial score (nSPS) is 13.3. The molecular formula is C17H20N4O2S. The third-order valence-electron chi connectivity index (χ3n) is 3.94. The summed E-state index contributed by atoms with van der Waals surface area (Å²) in [4.78, 5) is 26.3. The molecule has 1 unspecified atom stereocenters. The van der Waals surface area contributed by atoms with Gasteiger partial charge >= 0.3 is 0 Å². The molecular weight excluding hydrogens is 324 g/mol. The molecule has 0 aliphatic rings. The van der Waals surface area contributed by atoms with Crippen molar-refractivity contribution in [3.8, 4) is 16.6 Å². The van der Waals surface area contributed by atoms with Gasteiger partial charge in [-0.15, -0.1) is 11.3 Å². The van der Waals surface area contributed by atoms with Crippen LogP contribution in [0.25, 0.3) is 10.6 Å². The summed E-state index contributed by atoms with van der Waals surface area (Å²) in [6.07, 6.45) is 0. The number of aromatic nitrogens is 2. The molecule has 2 heterocycles. The average Bonchev–Trinajstić information content (AvgIpc) is 2.95. The van der Waals surface area contributed by atoms with Crippen LogP contribution in [-0.4, -0.2) is 21.2 Å². The van der Waals surface area contributed by atoms with Gasteiger partial charge in [-0.3, -0.25) is 9.59 Å². The lowest BCUT2D eigenvalue weighted by atomic mass is 9.90. The van der Waals surface area contributed by atoms with Gasteiger partial charge in [0.25, 0.3) is 5.56 Å². The fraction of sp³-hybridized carbons (Fsp3) is 0.412. The Labute approximate surface area is 144 Å². The Morgan fingerprint density at radius 1 is 1.42 bits per heavy atom. The van der Waals surface area contributed by atoms with Crippen LogP contribution in [0.15, 0.2) is 29.1 Å². The van der Waals surface area contributed by atoms with Crippen molar-refractivity contribution in [3.05, 3.63) is 39.5 Å². The minimum atomic E-state index is -0.983. The SMILES string of the molecule is Cc1ccc(-c2ccc(=O)n(CC(=O)NC(C)(C#N)C(C)C)n2)s1. The predicted octanol–water partition coefficient (Wildman–Crippen LogP) is 2.33. The van der Waals surface area contributed by atoms with Crippen molar-refractivity contribution in [2.45, 2.75) is 39.8 Å². The fourth-order valence-corrected chi connectivity index (χ4v) is 2.86. The van der Waals surface area contributed by atoms with Crippen LogP contribution in [0.1, 0.15) is 25.6 Å². The van der Waals surface area contributed by atoms with E-state index in [2.05, 4.69) is 16.5 Å². The van der Waals surface area contributed by atoms with Gasteiger partial charge in [0.15, 0.2) is 0 Å². The van der Waals surface area contributed by atoms with Crippen LogP contribution in [0.4, 0.5) is 0 Å². The highest BCUT2D eigenvalue weighted by atomic mass is 32.1. The van der Waals surface area contributed by atoms with Gasteiger partial charge in [-0.2, -0.15) is 10.4 Å². The molecule has 0 aliphatic carbocycles. The van der Waals surface area contributed by atoms with Crippen molar-refractivity contribution in [3.63, 3.8) is 0 Å². The molecule has 0 saturated heterocycles. The van der Waals surface area contributed by atoms with Gasteiger partial charge in [0, 0.05) is 10.9 Å².